The van der Waals surface area contributed by atoms with Crippen LogP contribution in [-0.2, 0) is 36.9 Å². The van der Waals surface area contributed by atoms with Gasteiger partial charge in [-0.3, -0.25) is 5.32 Å². The number of nitrogens with one attached hydrogen (secondary N) is 1. The maximum atomic E-state index is 18.3. The first-order valence-electron chi connectivity index (χ1n) is 26.1. The Hall–Kier alpha value is -6.02. The molecule has 11 rings (SSSR count). The molecule has 0 spiro atoms. The normalized spacial score (nSPS) is 23.9. The molecule has 22 heteroatoms. The van der Waals surface area contributed by atoms with Crippen molar-refractivity contribution in [2.75, 3.05) is 69.3 Å². The van der Waals surface area contributed by atoms with Gasteiger partial charge in [0.1, 0.15) is 39.4 Å². The summed E-state index contributed by atoms with van der Waals surface area (Å²) in [6, 6.07) is 4.16. The molecule has 6 aliphatic heterocycles. The molecule has 2 aromatic carbocycles. The first kappa shape index (κ1) is 52.1. The van der Waals surface area contributed by atoms with Crippen LogP contribution in [0.4, 0.5) is 42.8 Å². The van der Waals surface area contributed by atoms with Gasteiger partial charge in [0.05, 0.1) is 67.4 Å². The van der Waals surface area contributed by atoms with Gasteiger partial charge in [-0.1, -0.05) is 6.07 Å². The monoisotopic (exact) mass is 1070 g/mol. The molecule has 6 fully saturated rings. The van der Waals surface area contributed by atoms with Crippen LogP contribution in [0.1, 0.15) is 103 Å². The predicted octanol–water partition coefficient (Wildman–Crippen LogP) is 10.3. The molecule has 8 heterocycles. The summed E-state index contributed by atoms with van der Waals surface area (Å²) < 4.78 is 98.3. The van der Waals surface area contributed by atoms with E-state index < -0.39 is 53.1 Å². The molecule has 2 aromatic heterocycles. The van der Waals surface area contributed by atoms with Crippen molar-refractivity contribution < 1.29 is 60.4 Å². The number of piperazine rings is 1. The van der Waals surface area contributed by atoms with E-state index in [2.05, 4.69) is 21.2 Å². The first-order valence-corrected chi connectivity index (χ1v) is 27.0. The third-order valence-electron chi connectivity index (χ3n) is 15.7. The SMILES string of the molecule is CC(C)(C)OC(=O)Nc1sc2c(F)ccc(-c3c4c(c5c(N6C7CCC6CN(C(=O)OC(C)(C)C)C7)nc(OCC6(CN7CCC(=C(F)F)C(COC(=O)N8C[C@H]9C[C@@H]8CO9)CC7)CC6)nc5c3F)COC4)c2c1C#N. The lowest BCUT2D eigenvalue weighted by atomic mass is 9.90. The number of carbonyl (C=O) groups is 3. The van der Waals surface area contributed by atoms with E-state index >= 15 is 8.78 Å². The molecule has 5 atom stereocenters. The Balaban J connectivity index is 0.918. The largest absolute Gasteiger partial charge is 0.463 e. The number of rotatable bonds is 10. The van der Waals surface area contributed by atoms with Gasteiger partial charge in [-0.2, -0.15) is 24.0 Å². The number of aromatic nitrogens is 2. The number of carbonyl (C=O) groups excluding carboxylic acids is 3. The average Bonchev–Trinajstić information content (AvgIpc) is 3.98. The summed E-state index contributed by atoms with van der Waals surface area (Å²) in [5.41, 5.74) is -0.757. The van der Waals surface area contributed by atoms with Gasteiger partial charge in [0.2, 0.25) is 0 Å². The highest BCUT2D eigenvalue weighted by Crippen LogP contribution is 2.51. The molecule has 3 amide bonds. The van der Waals surface area contributed by atoms with Crippen molar-refractivity contribution in [2.24, 2.45) is 11.3 Å². The molecule has 4 aromatic rings. The Kier molecular flexibility index (Phi) is 13.5. The second kappa shape index (κ2) is 19.8. The highest BCUT2D eigenvalue weighted by atomic mass is 32.1. The minimum absolute atomic E-state index is 0.000986. The van der Waals surface area contributed by atoms with Crippen LogP contribution in [0.2, 0.25) is 0 Å². The van der Waals surface area contributed by atoms with Crippen LogP contribution in [0, 0.1) is 34.3 Å². The summed E-state index contributed by atoms with van der Waals surface area (Å²) in [5, 5.41) is 13.8. The summed E-state index contributed by atoms with van der Waals surface area (Å²) in [6.45, 7) is 13.5. The number of anilines is 2. The second-order valence-corrected chi connectivity index (χ2v) is 24.4. The highest BCUT2D eigenvalue weighted by Gasteiger charge is 2.48. The quantitative estimate of drug-likeness (QED) is 0.117. The van der Waals surface area contributed by atoms with Gasteiger partial charge >= 0.3 is 24.3 Å². The van der Waals surface area contributed by atoms with E-state index in [1.54, 1.807) is 30.6 Å². The van der Waals surface area contributed by atoms with Gasteiger partial charge in [0, 0.05) is 66.1 Å². The summed E-state index contributed by atoms with van der Waals surface area (Å²) in [4.78, 5) is 57.0. The Bertz CT molecular complexity index is 3080. The van der Waals surface area contributed by atoms with E-state index in [0.717, 1.165) is 30.6 Å². The third kappa shape index (κ3) is 10.1. The zero-order valence-corrected chi connectivity index (χ0v) is 44.3. The molecule has 406 valence electrons. The highest BCUT2D eigenvalue weighted by molar-refractivity contribution is 7.23. The Morgan fingerprint density at radius 3 is 2.32 bits per heavy atom. The zero-order chi connectivity index (χ0) is 53.6. The lowest BCUT2D eigenvalue weighted by molar-refractivity contribution is 0.0192. The number of amides is 3. The Morgan fingerprint density at radius 1 is 0.921 bits per heavy atom. The van der Waals surface area contributed by atoms with Crippen molar-refractivity contribution in [2.45, 2.75) is 135 Å². The number of morpholine rings is 1. The van der Waals surface area contributed by atoms with Crippen LogP contribution in [0.3, 0.4) is 0 Å². The minimum atomic E-state index is -1.75. The lowest BCUT2D eigenvalue weighted by Crippen LogP contribution is -2.56. The van der Waals surface area contributed by atoms with Gasteiger partial charge in [0.15, 0.2) is 5.82 Å². The number of nitriles is 1. The molecule has 4 bridgehead atoms. The van der Waals surface area contributed by atoms with Crippen LogP contribution in [0.15, 0.2) is 23.8 Å². The number of hydrogen-bond acceptors (Lipinski definition) is 15. The van der Waals surface area contributed by atoms with Gasteiger partial charge < -0.3 is 48.0 Å². The lowest BCUT2D eigenvalue weighted by Gasteiger charge is -2.42. The molecule has 1 N–H and O–H groups in total. The van der Waals surface area contributed by atoms with Crippen LogP contribution in [0.5, 0.6) is 6.01 Å². The van der Waals surface area contributed by atoms with E-state index in [-0.39, 0.29) is 111 Å². The van der Waals surface area contributed by atoms with Crippen molar-refractivity contribution in [3.8, 4) is 23.2 Å². The summed E-state index contributed by atoms with van der Waals surface area (Å²) in [5.74, 6) is -1.65. The van der Waals surface area contributed by atoms with Crippen LogP contribution >= 0.6 is 11.3 Å². The summed E-state index contributed by atoms with van der Waals surface area (Å²) >= 11 is 0.842. The number of nitrogens with zero attached hydrogens (tertiary/aromatic N) is 7. The number of ether oxygens (including phenoxy) is 6. The molecule has 5 saturated heterocycles. The molecule has 17 nitrogen and oxygen atoms in total. The van der Waals surface area contributed by atoms with E-state index in [4.69, 9.17) is 38.4 Å². The smallest absolute Gasteiger partial charge is 0.412 e. The minimum Gasteiger partial charge on any atom is -0.463 e. The van der Waals surface area contributed by atoms with Crippen molar-refractivity contribution in [1.29, 1.82) is 5.26 Å². The number of thiophene rings is 1. The summed E-state index contributed by atoms with van der Waals surface area (Å²) in [7, 11) is 0. The standard InChI is InChI=1S/C54H62F4N8O9S/c1-52(2,3)74-49(67)62-47-35(18-59)40-34(9-10-38(55)44(40)76-47)39-36-24-70-25-37(36)41-43(42(39)56)60-48(61-46(41)66-29-7-8-30(66)20-64(19-29)50(68)75-53(4,5)6)73-27-54(13-14-54)26-63-15-11-28(33(12-16-63)45(57)58)22-72-51(69)65-21-32-17-31(65)23-71-32/h9-10,28-32H,7-8,11-17,19-27H2,1-6H3,(H,62,67)/t28?,29?,30?,31-,32-/m1/s1. The maximum absolute atomic E-state index is 18.3. The number of benzene rings is 2. The van der Waals surface area contributed by atoms with Crippen molar-refractivity contribution in [1.82, 2.24) is 24.7 Å². The Morgan fingerprint density at radius 2 is 1.66 bits per heavy atom. The molecular formula is C54H62F4N8O9S. The topological polar surface area (TPSA) is 181 Å². The molecule has 1 saturated carbocycles. The second-order valence-electron chi connectivity index (χ2n) is 23.4. The third-order valence-corrected chi connectivity index (χ3v) is 16.8. The van der Waals surface area contributed by atoms with Gasteiger partial charge in [-0.25, -0.2) is 23.2 Å². The van der Waals surface area contributed by atoms with Crippen LogP contribution in [0.25, 0.3) is 32.1 Å². The molecule has 3 unspecified atom stereocenters. The number of likely N-dealkylation sites (tertiary alicyclic amines) is 3. The fraction of sp³-hybridized carbons (Fsp3) is 0.593. The Labute approximate surface area is 441 Å². The number of hydrogen-bond donors (Lipinski definition) is 1. The van der Waals surface area contributed by atoms with Crippen molar-refractivity contribution >= 4 is 61.4 Å². The average molecular weight is 1080 g/mol. The van der Waals surface area contributed by atoms with Crippen molar-refractivity contribution in [3.63, 3.8) is 0 Å². The van der Waals surface area contributed by atoms with E-state index in [9.17, 15) is 28.4 Å². The fourth-order valence-corrected chi connectivity index (χ4v) is 13.1. The van der Waals surface area contributed by atoms with E-state index in [1.165, 1.54) is 12.1 Å². The van der Waals surface area contributed by atoms with E-state index in [0.29, 0.717) is 87.5 Å². The predicted molar refractivity (Wildman–Crippen MR) is 272 cm³/mol. The van der Waals surface area contributed by atoms with E-state index in [1.807, 2.05) is 20.8 Å². The van der Waals surface area contributed by atoms with Gasteiger partial charge in [-0.15, -0.1) is 11.3 Å². The molecule has 7 aliphatic rings. The van der Waals surface area contributed by atoms with Gasteiger partial charge in [-0.05, 0) is 116 Å². The number of halogens is 4. The van der Waals surface area contributed by atoms with Crippen molar-refractivity contribution in [3.05, 3.63) is 52.1 Å². The summed E-state index contributed by atoms with van der Waals surface area (Å²) in [6.07, 6.45) is 0.692. The van der Waals surface area contributed by atoms with Crippen LogP contribution < -0.4 is 15.0 Å². The first-order chi connectivity index (χ1) is 36.2. The molecule has 76 heavy (non-hydrogen) atoms. The molecule has 1 aliphatic carbocycles. The zero-order valence-electron chi connectivity index (χ0n) is 43.5. The van der Waals surface area contributed by atoms with Gasteiger partial charge in [0.25, 0.3) is 6.08 Å². The van der Waals surface area contributed by atoms with Crippen LogP contribution in [-0.4, -0.2) is 137 Å². The molecular weight excluding hydrogens is 1010 g/mol. The fourth-order valence-electron chi connectivity index (χ4n) is 12.0. The maximum Gasteiger partial charge on any atom is 0.412 e. The molecule has 0 radical (unpaired) electrons. The number of fused-ring (bicyclic) bond motifs is 8.